The van der Waals surface area contributed by atoms with E-state index < -0.39 is 46.0 Å². The number of nitrogens with zero attached hydrogens (tertiary/aromatic N) is 3. The highest BCUT2D eigenvalue weighted by Crippen LogP contribution is 2.35. The van der Waals surface area contributed by atoms with Gasteiger partial charge >= 0.3 is 6.18 Å². The van der Waals surface area contributed by atoms with E-state index in [-0.39, 0.29) is 42.7 Å². The van der Waals surface area contributed by atoms with Crippen LogP contribution in [0.2, 0.25) is 0 Å². The number of halogens is 4. The van der Waals surface area contributed by atoms with E-state index >= 15 is 0 Å². The fourth-order valence-electron chi connectivity index (χ4n) is 4.25. The van der Waals surface area contributed by atoms with Gasteiger partial charge in [-0.05, 0) is 44.0 Å². The lowest BCUT2D eigenvalue weighted by molar-refractivity contribution is -0.153. The standard InChI is InChI=1S/C28H31F4N3O4S/c1-27(2,3)39-26-16-23(38-18-20-7-5-4-6-8-20)15-25(33-26)35-14-13-34(17-24(35)28(30,31)32)40(36,37)19-21-9-11-22(29)12-10-21/h4-12,15-16,24H,13-14,17-19H2,1-3H3. The SMILES string of the molecule is CC(C)(C)Oc1cc(OCc2ccccc2)cc(N2CCN(S(=O)(=O)Cc3ccc(F)cc3)CC2C(F)(F)F)n1. The summed E-state index contributed by atoms with van der Waals surface area (Å²) in [6.07, 6.45) is -4.77. The maximum Gasteiger partial charge on any atom is 0.410 e. The number of pyridine rings is 1. The fraction of sp³-hybridized carbons (Fsp3) is 0.393. The number of ether oxygens (including phenoxy) is 2. The lowest BCUT2D eigenvalue weighted by Crippen LogP contribution is -2.60. The third kappa shape index (κ3) is 7.85. The van der Waals surface area contributed by atoms with Gasteiger partial charge in [-0.15, -0.1) is 0 Å². The van der Waals surface area contributed by atoms with Gasteiger partial charge in [-0.3, -0.25) is 0 Å². The van der Waals surface area contributed by atoms with Crippen molar-refractivity contribution >= 4 is 15.8 Å². The topological polar surface area (TPSA) is 72.0 Å². The average molecular weight is 582 g/mol. The Morgan fingerprint density at radius 2 is 1.62 bits per heavy atom. The molecular weight excluding hydrogens is 550 g/mol. The van der Waals surface area contributed by atoms with Crippen LogP contribution >= 0.6 is 0 Å². The third-order valence-corrected chi connectivity index (χ3v) is 7.91. The minimum absolute atomic E-state index is 0.0391. The van der Waals surface area contributed by atoms with Crippen molar-refractivity contribution in [1.82, 2.24) is 9.29 Å². The number of anilines is 1. The molecule has 1 aliphatic heterocycles. The molecule has 0 spiro atoms. The van der Waals surface area contributed by atoms with Crippen molar-refractivity contribution < 1.29 is 35.5 Å². The molecule has 1 aromatic heterocycles. The van der Waals surface area contributed by atoms with Gasteiger partial charge < -0.3 is 14.4 Å². The first-order valence-corrected chi connectivity index (χ1v) is 14.2. The van der Waals surface area contributed by atoms with E-state index in [4.69, 9.17) is 9.47 Å². The first kappa shape index (κ1) is 29.6. The number of piperazine rings is 1. The van der Waals surface area contributed by atoms with Gasteiger partial charge in [0.1, 0.15) is 35.6 Å². The van der Waals surface area contributed by atoms with Gasteiger partial charge in [0.25, 0.3) is 0 Å². The number of benzene rings is 2. The van der Waals surface area contributed by atoms with E-state index in [9.17, 15) is 26.0 Å². The number of rotatable bonds is 8. The Hall–Kier alpha value is -3.38. The summed E-state index contributed by atoms with van der Waals surface area (Å²) in [5, 5.41) is 0. The zero-order valence-electron chi connectivity index (χ0n) is 22.4. The van der Waals surface area contributed by atoms with Crippen LogP contribution < -0.4 is 14.4 Å². The quantitative estimate of drug-likeness (QED) is 0.325. The van der Waals surface area contributed by atoms with Gasteiger partial charge in [-0.2, -0.15) is 22.5 Å². The Labute approximate surface area is 231 Å². The molecule has 2 aromatic carbocycles. The van der Waals surface area contributed by atoms with Gasteiger partial charge in [0.2, 0.25) is 15.9 Å². The van der Waals surface area contributed by atoms with Crippen molar-refractivity contribution in [2.24, 2.45) is 0 Å². The van der Waals surface area contributed by atoms with Crippen LogP contribution in [0.5, 0.6) is 11.6 Å². The van der Waals surface area contributed by atoms with Crippen LogP contribution in [-0.2, 0) is 22.4 Å². The molecule has 3 aromatic rings. The summed E-state index contributed by atoms with van der Waals surface area (Å²) in [4.78, 5) is 5.38. The van der Waals surface area contributed by atoms with Gasteiger partial charge in [-0.1, -0.05) is 42.5 Å². The Bertz CT molecular complexity index is 1400. The van der Waals surface area contributed by atoms with Crippen LogP contribution in [0.4, 0.5) is 23.4 Å². The lowest BCUT2D eigenvalue weighted by Gasteiger charge is -2.42. The monoisotopic (exact) mass is 581 g/mol. The van der Waals surface area contributed by atoms with Crippen molar-refractivity contribution in [1.29, 1.82) is 0 Å². The smallest absolute Gasteiger partial charge is 0.410 e. The molecule has 2 heterocycles. The molecule has 7 nitrogen and oxygen atoms in total. The average Bonchev–Trinajstić information content (AvgIpc) is 2.87. The molecule has 0 bridgehead atoms. The maximum absolute atomic E-state index is 14.4. The minimum atomic E-state index is -4.77. The van der Waals surface area contributed by atoms with E-state index in [2.05, 4.69) is 4.98 Å². The van der Waals surface area contributed by atoms with Crippen molar-refractivity contribution in [3.05, 3.63) is 83.7 Å². The highest BCUT2D eigenvalue weighted by molar-refractivity contribution is 7.88. The number of alkyl halides is 3. The molecule has 1 atom stereocenters. The molecule has 0 radical (unpaired) electrons. The molecular formula is C28H31F4N3O4S. The van der Waals surface area contributed by atoms with Gasteiger partial charge in [-0.25, -0.2) is 12.8 Å². The fourth-order valence-corrected chi connectivity index (χ4v) is 5.78. The predicted octanol–water partition coefficient (Wildman–Crippen LogP) is 5.56. The molecule has 1 aliphatic rings. The summed E-state index contributed by atoms with van der Waals surface area (Å²) < 4.78 is 94.9. The maximum atomic E-state index is 14.4. The molecule has 4 rings (SSSR count). The van der Waals surface area contributed by atoms with Gasteiger partial charge in [0, 0.05) is 31.8 Å². The summed E-state index contributed by atoms with van der Waals surface area (Å²) >= 11 is 0. The normalized spacial score (nSPS) is 17.1. The van der Waals surface area contributed by atoms with Crippen molar-refractivity contribution in [3.63, 3.8) is 0 Å². The largest absolute Gasteiger partial charge is 0.489 e. The van der Waals surface area contributed by atoms with Gasteiger partial charge in [0.15, 0.2) is 0 Å². The van der Waals surface area contributed by atoms with E-state index in [1.54, 1.807) is 20.8 Å². The summed E-state index contributed by atoms with van der Waals surface area (Å²) in [5.74, 6) is -0.768. The van der Waals surface area contributed by atoms with Crippen LogP contribution in [0, 0.1) is 5.82 Å². The Kier molecular flexibility index (Phi) is 8.60. The third-order valence-electron chi connectivity index (χ3n) is 6.09. The highest BCUT2D eigenvalue weighted by atomic mass is 32.2. The van der Waals surface area contributed by atoms with Crippen LogP contribution in [0.15, 0.2) is 66.7 Å². The second-order valence-corrected chi connectivity index (χ2v) is 12.4. The van der Waals surface area contributed by atoms with Crippen molar-refractivity contribution in [2.75, 3.05) is 24.5 Å². The van der Waals surface area contributed by atoms with E-state index in [1.807, 2.05) is 30.3 Å². The first-order chi connectivity index (χ1) is 18.7. The zero-order valence-corrected chi connectivity index (χ0v) is 23.2. The van der Waals surface area contributed by atoms with Crippen molar-refractivity contribution in [2.45, 2.75) is 51.0 Å². The van der Waals surface area contributed by atoms with Crippen LogP contribution in [0.1, 0.15) is 31.9 Å². The van der Waals surface area contributed by atoms with Crippen LogP contribution in [0.25, 0.3) is 0 Å². The second-order valence-electron chi connectivity index (χ2n) is 10.5. The van der Waals surface area contributed by atoms with Crippen molar-refractivity contribution in [3.8, 4) is 11.6 Å². The highest BCUT2D eigenvalue weighted by Gasteiger charge is 2.49. The predicted molar refractivity (Wildman–Crippen MR) is 143 cm³/mol. The first-order valence-electron chi connectivity index (χ1n) is 12.6. The molecule has 1 unspecified atom stereocenters. The summed E-state index contributed by atoms with van der Waals surface area (Å²) in [5.41, 5.74) is 0.465. The summed E-state index contributed by atoms with van der Waals surface area (Å²) in [6.45, 7) is 4.26. The Morgan fingerprint density at radius 1 is 0.950 bits per heavy atom. The lowest BCUT2D eigenvalue weighted by atomic mass is 10.1. The summed E-state index contributed by atoms with van der Waals surface area (Å²) in [6, 6.07) is 14.9. The molecule has 40 heavy (non-hydrogen) atoms. The molecule has 12 heteroatoms. The number of hydrogen-bond donors (Lipinski definition) is 0. The van der Waals surface area contributed by atoms with E-state index in [0.29, 0.717) is 0 Å². The minimum Gasteiger partial charge on any atom is -0.489 e. The molecule has 216 valence electrons. The molecule has 1 saturated heterocycles. The molecule has 0 amide bonds. The number of aromatic nitrogens is 1. The second kappa shape index (κ2) is 11.6. The number of sulfonamides is 1. The van der Waals surface area contributed by atoms with Crippen LogP contribution in [-0.4, -0.2) is 55.2 Å². The zero-order chi connectivity index (χ0) is 29.1. The van der Waals surface area contributed by atoms with E-state index in [0.717, 1.165) is 26.9 Å². The number of hydrogen-bond acceptors (Lipinski definition) is 6. The van der Waals surface area contributed by atoms with E-state index in [1.165, 1.54) is 24.3 Å². The molecule has 0 aliphatic carbocycles. The summed E-state index contributed by atoms with van der Waals surface area (Å²) in [7, 11) is -4.11. The Morgan fingerprint density at radius 3 is 2.25 bits per heavy atom. The van der Waals surface area contributed by atoms with Gasteiger partial charge in [0.05, 0.1) is 5.75 Å². The van der Waals surface area contributed by atoms with Crippen LogP contribution in [0.3, 0.4) is 0 Å². The Balaban J connectivity index is 1.61. The molecule has 1 fully saturated rings. The molecule has 0 N–H and O–H groups in total. The molecule has 0 saturated carbocycles.